The number of pyridine rings is 1. The van der Waals surface area contributed by atoms with Crippen molar-refractivity contribution in [3.63, 3.8) is 0 Å². The average molecular weight is 285 g/mol. The van der Waals surface area contributed by atoms with Gasteiger partial charge in [0.25, 0.3) is 0 Å². The molecular formula is C17H23N3O. The van der Waals surface area contributed by atoms with Crippen molar-refractivity contribution in [1.29, 1.82) is 0 Å². The van der Waals surface area contributed by atoms with Gasteiger partial charge in [0.05, 0.1) is 7.11 Å². The van der Waals surface area contributed by atoms with E-state index in [0.717, 1.165) is 31.6 Å². The predicted octanol–water partition coefficient (Wildman–Crippen LogP) is 2.44. The Morgan fingerprint density at radius 2 is 1.90 bits per heavy atom. The molecule has 0 aliphatic heterocycles. The Hall–Kier alpha value is -1.91. The van der Waals surface area contributed by atoms with Crippen molar-refractivity contribution in [2.24, 2.45) is 5.73 Å². The van der Waals surface area contributed by atoms with Gasteiger partial charge in [0.2, 0.25) is 5.88 Å². The van der Waals surface area contributed by atoms with Crippen molar-refractivity contribution in [2.75, 3.05) is 20.2 Å². The molecule has 2 aromatic rings. The molecule has 0 unspecified atom stereocenters. The van der Waals surface area contributed by atoms with Crippen LogP contribution in [0.5, 0.6) is 5.88 Å². The Morgan fingerprint density at radius 1 is 1.10 bits per heavy atom. The first-order chi connectivity index (χ1) is 10.3. The van der Waals surface area contributed by atoms with Gasteiger partial charge in [0.15, 0.2) is 0 Å². The summed E-state index contributed by atoms with van der Waals surface area (Å²) in [5, 5.41) is 0. The minimum Gasteiger partial charge on any atom is -0.481 e. The van der Waals surface area contributed by atoms with Crippen LogP contribution >= 0.6 is 0 Å². The average Bonchev–Trinajstić information content (AvgIpc) is 2.54. The molecule has 4 heteroatoms. The standard InChI is InChI=1S/C17H23N3O/c1-21-17-16(9-5-11-19-17)14-20(12-6-10-18)13-15-7-3-2-4-8-15/h2-5,7-9,11H,6,10,12-14,18H2,1H3. The van der Waals surface area contributed by atoms with Gasteiger partial charge in [-0.05, 0) is 24.6 Å². The van der Waals surface area contributed by atoms with Gasteiger partial charge in [0.1, 0.15) is 0 Å². The topological polar surface area (TPSA) is 51.4 Å². The fourth-order valence-electron chi connectivity index (χ4n) is 2.34. The summed E-state index contributed by atoms with van der Waals surface area (Å²) in [5.41, 5.74) is 8.06. The van der Waals surface area contributed by atoms with Crippen LogP contribution < -0.4 is 10.5 Å². The second-order valence-corrected chi connectivity index (χ2v) is 5.01. The lowest BCUT2D eigenvalue weighted by atomic mass is 10.2. The molecule has 0 aliphatic rings. The molecule has 1 aromatic heterocycles. The van der Waals surface area contributed by atoms with Crippen LogP contribution in [0.3, 0.4) is 0 Å². The molecule has 0 saturated heterocycles. The molecule has 1 heterocycles. The molecule has 0 aliphatic carbocycles. The van der Waals surface area contributed by atoms with E-state index in [1.165, 1.54) is 5.56 Å². The van der Waals surface area contributed by atoms with Crippen LogP contribution in [0.25, 0.3) is 0 Å². The lowest BCUT2D eigenvalue weighted by Gasteiger charge is -2.23. The zero-order chi connectivity index (χ0) is 14.9. The quantitative estimate of drug-likeness (QED) is 0.809. The first-order valence-corrected chi connectivity index (χ1v) is 7.27. The van der Waals surface area contributed by atoms with E-state index in [0.29, 0.717) is 12.4 Å². The van der Waals surface area contributed by atoms with Gasteiger partial charge in [0, 0.05) is 31.4 Å². The molecule has 0 fully saturated rings. The van der Waals surface area contributed by atoms with Crippen molar-refractivity contribution < 1.29 is 4.74 Å². The van der Waals surface area contributed by atoms with E-state index < -0.39 is 0 Å². The van der Waals surface area contributed by atoms with Gasteiger partial charge in [-0.25, -0.2) is 4.98 Å². The van der Waals surface area contributed by atoms with Gasteiger partial charge in [-0.2, -0.15) is 0 Å². The molecule has 1 aromatic carbocycles. The van der Waals surface area contributed by atoms with Crippen molar-refractivity contribution >= 4 is 0 Å². The molecule has 0 spiro atoms. The number of benzene rings is 1. The number of rotatable bonds is 8. The number of hydrogen-bond acceptors (Lipinski definition) is 4. The number of nitrogens with two attached hydrogens (primary N) is 1. The largest absolute Gasteiger partial charge is 0.481 e. The van der Waals surface area contributed by atoms with Gasteiger partial charge in [-0.15, -0.1) is 0 Å². The van der Waals surface area contributed by atoms with E-state index in [-0.39, 0.29) is 0 Å². The van der Waals surface area contributed by atoms with Crippen LogP contribution in [0, 0.1) is 0 Å². The molecule has 2 N–H and O–H groups in total. The van der Waals surface area contributed by atoms with Gasteiger partial charge in [-0.3, -0.25) is 4.90 Å². The first-order valence-electron chi connectivity index (χ1n) is 7.27. The SMILES string of the molecule is COc1ncccc1CN(CCCN)Cc1ccccc1. The monoisotopic (exact) mass is 285 g/mol. The van der Waals surface area contributed by atoms with Crippen LogP contribution in [0.1, 0.15) is 17.5 Å². The van der Waals surface area contributed by atoms with Gasteiger partial charge >= 0.3 is 0 Å². The van der Waals surface area contributed by atoms with Crippen LogP contribution in [-0.2, 0) is 13.1 Å². The molecule has 0 radical (unpaired) electrons. The number of hydrogen-bond donors (Lipinski definition) is 1. The van der Waals surface area contributed by atoms with Gasteiger partial charge < -0.3 is 10.5 Å². The molecule has 21 heavy (non-hydrogen) atoms. The molecule has 0 bridgehead atoms. The third-order valence-electron chi connectivity index (χ3n) is 3.36. The Labute approximate surface area is 126 Å². The molecule has 0 saturated carbocycles. The zero-order valence-electron chi connectivity index (χ0n) is 12.5. The minimum absolute atomic E-state index is 0.698. The van der Waals surface area contributed by atoms with Crippen LogP contribution in [0.4, 0.5) is 0 Å². The summed E-state index contributed by atoms with van der Waals surface area (Å²) in [4.78, 5) is 6.64. The van der Waals surface area contributed by atoms with E-state index in [2.05, 4.69) is 40.2 Å². The highest BCUT2D eigenvalue weighted by Gasteiger charge is 2.10. The van der Waals surface area contributed by atoms with Crippen molar-refractivity contribution in [3.8, 4) is 5.88 Å². The lowest BCUT2D eigenvalue weighted by molar-refractivity contribution is 0.249. The summed E-state index contributed by atoms with van der Waals surface area (Å²) < 4.78 is 5.34. The number of aromatic nitrogens is 1. The summed E-state index contributed by atoms with van der Waals surface area (Å²) in [7, 11) is 1.66. The van der Waals surface area contributed by atoms with E-state index in [9.17, 15) is 0 Å². The Morgan fingerprint density at radius 3 is 2.62 bits per heavy atom. The summed E-state index contributed by atoms with van der Waals surface area (Å²) in [5.74, 6) is 0.698. The Kier molecular flexibility index (Phi) is 6.19. The summed E-state index contributed by atoms with van der Waals surface area (Å²) >= 11 is 0. The number of methoxy groups -OCH3 is 1. The fourth-order valence-corrected chi connectivity index (χ4v) is 2.34. The highest BCUT2D eigenvalue weighted by molar-refractivity contribution is 5.25. The maximum Gasteiger partial charge on any atom is 0.217 e. The lowest BCUT2D eigenvalue weighted by Crippen LogP contribution is -2.26. The van der Waals surface area contributed by atoms with Crippen molar-refractivity contribution in [1.82, 2.24) is 9.88 Å². The van der Waals surface area contributed by atoms with E-state index in [1.54, 1.807) is 13.3 Å². The second kappa shape index (κ2) is 8.39. The van der Waals surface area contributed by atoms with Crippen LogP contribution in [-0.4, -0.2) is 30.1 Å². The minimum atomic E-state index is 0.698. The number of nitrogens with zero attached hydrogens (tertiary/aromatic N) is 2. The first kappa shape index (κ1) is 15.5. The summed E-state index contributed by atoms with van der Waals surface area (Å²) in [6, 6.07) is 14.5. The molecule has 0 atom stereocenters. The molecule has 2 rings (SSSR count). The smallest absolute Gasteiger partial charge is 0.217 e. The van der Waals surface area contributed by atoms with E-state index in [4.69, 9.17) is 10.5 Å². The molecule has 112 valence electrons. The summed E-state index contributed by atoms with van der Waals surface area (Å²) in [6.07, 6.45) is 2.74. The predicted molar refractivity (Wildman–Crippen MR) is 85.0 cm³/mol. The third-order valence-corrected chi connectivity index (χ3v) is 3.36. The van der Waals surface area contributed by atoms with Crippen molar-refractivity contribution in [3.05, 3.63) is 59.8 Å². The van der Waals surface area contributed by atoms with E-state index >= 15 is 0 Å². The third kappa shape index (κ3) is 4.85. The van der Waals surface area contributed by atoms with Crippen molar-refractivity contribution in [2.45, 2.75) is 19.5 Å². The number of ether oxygens (including phenoxy) is 1. The zero-order valence-corrected chi connectivity index (χ0v) is 12.5. The Balaban J connectivity index is 2.08. The highest BCUT2D eigenvalue weighted by Crippen LogP contribution is 2.17. The second-order valence-electron chi connectivity index (χ2n) is 5.01. The van der Waals surface area contributed by atoms with E-state index in [1.807, 2.05) is 12.1 Å². The fraction of sp³-hybridized carbons (Fsp3) is 0.353. The Bertz CT molecular complexity index is 531. The normalized spacial score (nSPS) is 10.8. The molecule has 4 nitrogen and oxygen atoms in total. The maximum absolute atomic E-state index is 5.66. The highest BCUT2D eigenvalue weighted by atomic mass is 16.5. The summed E-state index contributed by atoms with van der Waals surface area (Å²) in [6.45, 7) is 3.38. The molecular weight excluding hydrogens is 262 g/mol. The molecule has 0 amide bonds. The van der Waals surface area contributed by atoms with Gasteiger partial charge in [-0.1, -0.05) is 36.4 Å². The maximum atomic E-state index is 5.66. The van der Waals surface area contributed by atoms with Crippen LogP contribution in [0.2, 0.25) is 0 Å². The van der Waals surface area contributed by atoms with Crippen LogP contribution in [0.15, 0.2) is 48.7 Å².